The summed E-state index contributed by atoms with van der Waals surface area (Å²) in [6.07, 6.45) is 3.16. The molecule has 0 aliphatic carbocycles. The zero-order valence-electron chi connectivity index (χ0n) is 12.6. The Hall–Kier alpha value is -2.59. The normalized spacial score (nSPS) is 10.5. The molecule has 2 aromatic carbocycles. The predicted molar refractivity (Wildman–Crippen MR) is 90.8 cm³/mol. The van der Waals surface area contributed by atoms with Gasteiger partial charge in [-0.05, 0) is 48.0 Å². The maximum atomic E-state index is 12.1. The van der Waals surface area contributed by atoms with Crippen molar-refractivity contribution in [1.29, 1.82) is 0 Å². The van der Waals surface area contributed by atoms with Crippen molar-refractivity contribution in [2.24, 2.45) is 0 Å². The van der Waals surface area contributed by atoms with Crippen LogP contribution in [-0.2, 0) is 4.79 Å². The van der Waals surface area contributed by atoms with Gasteiger partial charge in [-0.3, -0.25) is 9.59 Å². The molecule has 2 rings (SSSR count). The number of likely N-dealkylation sites (N-methyl/N-ethyl adjacent to an activating group) is 1. The van der Waals surface area contributed by atoms with Crippen LogP contribution < -0.4 is 10.1 Å². The van der Waals surface area contributed by atoms with Crippen LogP contribution in [0.1, 0.15) is 15.9 Å². The minimum absolute atomic E-state index is 0.0593. The van der Waals surface area contributed by atoms with Crippen molar-refractivity contribution in [3.63, 3.8) is 0 Å². The van der Waals surface area contributed by atoms with E-state index in [4.69, 9.17) is 16.3 Å². The van der Waals surface area contributed by atoms with Gasteiger partial charge in [0, 0.05) is 17.6 Å². The highest BCUT2D eigenvalue weighted by Gasteiger charge is 2.04. The number of allylic oxidation sites excluding steroid dienone is 1. The number of halogens is 1. The molecule has 0 radical (unpaired) electrons. The van der Waals surface area contributed by atoms with Gasteiger partial charge in [-0.15, -0.1) is 0 Å². The number of hydrogen-bond acceptors (Lipinski definition) is 3. The van der Waals surface area contributed by atoms with E-state index in [0.29, 0.717) is 16.3 Å². The molecule has 0 aliphatic heterocycles. The van der Waals surface area contributed by atoms with E-state index in [9.17, 15) is 9.59 Å². The van der Waals surface area contributed by atoms with Gasteiger partial charge in [-0.1, -0.05) is 29.8 Å². The first-order valence-corrected chi connectivity index (χ1v) is 7.38. The zero-order valence-corrected chi connectivity index (χ0v) is 13.3. The van der Waals surface area contributed by atoms with Gasteiger partial charge in [0.1, 0.15) is 5.75 Å². The van der Waals surface area contributed by atoms with E-state index in [1.807, 2.05) is 18.2 Å². The molecule has 0 aliphatic rings. The highest BCUT2D eigenvalue weighted by atomic mass is 35.5. The van der Waals surface area contributed by atoms with E-state index in [1.54, 1.807) is 43.5 Å². The summed E-state index contributed by atoms with van der Waals surface area (Å²) in [6.45, 7) is -0.0593. The first-order chi connectivity index (χ1) is 11.1. The predicted octanol–water partition coefficient (Wildman–Crippen LogP) is 3.36. The average molecular weight is 330 g/mol. The number of carbonyl (C=O) groups is 2. The quantitative estimate of drug-likeness (QED) is 0.653. The van der Waals surface area contributed by atoms with Crippen molar-refractivity contribution in [3.8, 4) is 5.75 Å². The standard InChI is InChI=1S/C18H16ClNO3/c1-20-18(22)12-23-15-9-6-14(7-10-15)17(21)11-8-13-4-2-3-5-16(13)19/h2-11H,12H2,1H3,(H,20,22)/b11-8+. The number of carbonyl (C=O) groups excluding carboxylic acids is 2. The summed E-state index contributed by atoms with van der Waals surface area (Å²) in [5, 5.41) is 3.06. The Balaban J connectivity index is 2.00. The number of ketones is 1. The Morgan fingerprint density at radius 2 is 1.83 bits per heavy atom. The number of hydrogen-bond donors (Lipinski definition) is 1. The Bertz CT molecular complexity index is 723. The largest absolute Gasteiger partial charge is 0.484 e. The average Bonchev–Trinajstić information content (AvgIpc) is 2.59. The van der Waals surface area contributed by atoms with E-state index < -0.39 is 0 Å². The molecule has 0 atom stereocenters. The molecule has 4 nitrogen and oxygen atoms in total. The lowest BCUT2D eigenvalue weighted by molar-refractivity contribution is -0.122. The highest BCUT2D eigenvalue weighted by molar-refractivity contribution is 6.32. The fraction of sp³-hybridized carbons (Fsp3) is 0.111. The number of rotatable bonds is 6. The summed E-state index contributed by atoms with van der Waals surface area (Å²) in [7, 11) is 1.54. The number of ether oxygens (including phenoxy) is 1. The van der Waals surface area contributed by atoms with Crippen LogP contribution in [-0.4, -0.2) is 25.3 Å². The van der Waals surface area contributed by atoms with Crippen molar-refractivity contribution in [1.82, 2.24) is 5.32 Å². The second-order valence-corrected chi connectivity index (χ2v) is 5.11. The maximum Gasteiger partial charge on any atom is 0.257 e. The lowest BCUT2D eigenvalue weighted by Gasteiger charge is -2.05. The molecule has 2 aromatic rings. The van der Waals surface area contributed by atoms with Crippen molar-refractivity contribution in [3.05, 3.63) is 70.8 Å². The molecule has 0 heterocycles. The van der Waals surface area contributed by atoms with Gasteiger partial charge in [0.25, 0.3) is 5.91 Å². The van der Waals surface area contributed by atoms with E-state index >= 15 is 0 Å². The van der Waals surface area contributed by atoms with E-state index in [2.05, 4.69) is 5.32 Å². The summed E-state index contributed by atoms with van der Waals surface area (Å²) in [5.41, 5.74) is 1.31. The van der Waals surface area contributed by atoms with E-state index in [-0.39, 0.29) is 18.3 Å². The summed E-state index contributed by atoms with van der Waals surface area (Å²) >= 11 is 6.04. The van der Waals surface area contributed by atoms with E-state index in [0.717, 1.165) is 5.56 Å². The molecule has 0 unspecified atom stereocenters. The van der Waals surface area contributed by atoms with Crippen LogP contribution in [0.4, 0.5) is 0 Å². The molecule has 1 N–H and O–H groups in total. The summed E-state index contributed by atoms with van der Waals surface area (Å²) in [4.78, 5) is 23.2. The van der Waals surface area contributed by atoms with Gasteiger partial charge in [0.05, 0.1) is 0 Å². The van der Waals surface area contributed by atoms with Crippen molar-refractivity contribution >= 4 is 29.4 Å². The summed E-state index contributed by atoms with van der Waals surface area (Å²) in [6, 6.07) is 13.9. The third kappa shape index (κ3) is 4.97. The third-order valence-electron chi connectivity index (χ3n) is 3.11. The first kappa shape index (κ1) is 16.8. The smallest absolute Gasteiger partial charge is 0.257 e. The molecule has 23 heavy (non-hydrogen) atoms. The molecule has 0 saturated heterocycles. The van der Waals surface area contributed by atoms with Crippen LogP contribution in [0, 0.1) is 0 Å². The molecule has 0 saturated carbocycles. The van der Waals surface area contributed by atoms with Gasteiger partial charge < -0.3 is 10.1 Å². The molecule has 5 heteroatoms. The molecular weight excluding hydrogens is 314 g/mol. The van der Waals surface area contributed by atoms with Crippen LogP contribution >= 0.6 is 11.6 Å². The number of amides is 1. The fourth-order valence-electron chi connectivity index (χ4n) is 1.81. The van der Waals surface area contributed by atoms with Crippen molar-refractivity contribution in [2.75, 3.05) is 13.7 Å². The molecule has 118 valence electrons. The molecule has 1 amide bonds. The topological polar surface area (TPSA) is 55.4 Å². The maximum absolute atomic E-state index is 12.1. The molecule has 0 bridgehead atoms. The van der Waals surface area contributed by atoms with E-state index in [1.165, 1.54) is 6.08 Å². The molecular formula is C18H16ClNO3. The van der Waals surface area contributed by atoms with Crippen LogP contribution in [0.25, 0.3) is 6.08 Å². The third-order valence-corrected chi connectivity index (χ3v) is 3.45. The Morgan fingerprint density at radius 3 is 2.48 bits per heavy atom. The van der Waals surface area contributed by atoms with Crippen molar-refractivity contribution < 1.29 is 14.3 Å². The Labute approximate surface area is 139 Å². The Morgan fingerprint density at radius 1 is 1.13 bits per heavy atom. The fourth-order valence-corrected chi connectivity index (χ4v) is 2.01. The lowest BCUT2D eigenvalue weighted by atomic mass is 10.1. The number of benzene rings is 2. The minimum Gasteiger partial charge on any atom is -0.484 e. The molecule has 0 aromatic heterocycles. The summed E-state index contributed by atoms with van der Waals surface area (Å²) < 4.78 is 5.28. The highest BCUT2D eigenvalue weighted by Crippen LogP contribution is 2.17. The zero-order chi connectivity index (χ0) is 16.7. The van der Waals surface area contributed by atoms with Crippen LogP contribution in [0.3, 0.4) is 0 Å². The van der Waals surface area contributed by atoms with Gasteiger partial charge in [-0.25, -0.2) is 0 Å². The molecule has 0 fully saturated rings. The van der Waals surface area contributed by atoms with Gasteiger partial charge >= 0.3 is 0 Å². The Kier molecular flexibility index (Phi) is 5.94. The van der Waals surface area contributed by atoms with Gasteiger partial charge in [0.15, 0.2) is 12.4 Å². The summed E-state index contributed by atoms with van der Waals surface area (Å²) in [5.74, 6) is 0.177. The minimum atomic E-state index is -0.215. The van der Waals surface area contributed by atoms with Crippen molar-refractivity contribution in [2.45, 2.75) is 0 Å². The SMILES string of the molecule is CNC(=O)COc1ccc(C(=O)/C=C/c2ccccc2Cl)cc1. The number of nitrogens with one attached hydrogen (secondary N) is 1. The first-order valence-electron chi connectivity index (χ1n) is 7.00. The lowest BCUT2D eigenvalue weighted by Crippen LogP contribution is -2.24. The van der Waals surface area contributed by atoms with Gasteiger partial charge in [0.2, 0.25) is 0 Å². The monoisotopic (exact) mass is 329 g/mol. The molecule has 0 spiro atoms. The van der Waals surface area contributed by atoms with Crippen LogP contribution in [0.15, 0.2) is 54.6 Å². The second-order valence-electron chi connectivity index (χ2n) is 4.71. The van der Waals surface area contributed by atoms with Crippen LogP contribution in [0.5, 0.6) is 5.75 Å². The van der Waals surface area contributed by atoms with Crippen LogP contribution in [0.2, 0.25) is 5.02 Å². The van der Waals surface area contributed by atoms with Gasteiger partial charge in [-0.2, -0.15) is 0 Å². The second kappa shape index (κ2) is 8.15.